The monoisotopic (exact) mass is 310 g/mol. The molecule has 0 amide bonds. The lowest BCUT2D eigenvalue weighted by atomic mass is 10.0. The van der Waals surface area contributed by atoms with Crippen molar-refractivity contribution in [1.82, 2.24) is 0 Å². The Bertz CT molecular complexity index is 654. The minimum atomic E-state index is -0.201. The first-order valence-electron chi connectivity index (χ1n) is 5.78. The minimum absolute atomic E-state index is 0.201. The molecule has 104 valence electrons. The van der Waals surface area contributed by atoms with Crippen LogP contribution in [0.3, 0.4) is 0 Å². The van der Waals surface area contributed by atoms with Crippen LogP contribution in [0, 0.1) is 0 Å². The summed E-state index contributed by atoms with van der Waals surface area (Å²) in [6, 6.07) is 9.72. The summed E-state index contributed by atoms with van der Waals surface area (Å²) in [6.07, 6.45) is 0. The van der Waals surface area contributed by atoms with Gasteiger partial charge >= 0.3 is 0 Å². The third-order valence-corrected chi connectivity index (χ3v) is 3.37. The molecule has 2 aromatic carbocycles. The Balaban J connectivity index is 2.43. The molecule has 2 aromatic rings. The van der Waals surface area contributed by atoms with E-state index in [4.69, 9.17) is 32.7 Å². The maximum Gasteiger partial charge on any atom is 0.194 e. The summed E-state index contributed by atoms with van der Waals surface area (Å²) in [4.78, 5) is 12.4. The van der Waals surface area contributed by atoms with Crippen LogP contribution < -0.4 is 9.47 Å². The normalized spacial score (nSPS) is 10.2. The molecule has 0 aliphatic carbocycles. The largest absolute Gasteiger partial charge is 0.493 e. The fraction of sp³-hybridized carbons (Fsp3) is 0.133. The third-order valence-electron chi connectivity index (χ3n) is 2.82. The number of ether oxygens (including phenoxy) is 2. The summed E-state index contributed by atoms with van der Waals surface area (Å²) < 4.78 is 10.3. The van der Waals surface area contributed by atoms with Gasteiger partial charge in [0.05, 0.1) is 19.2 Å². The van der Waals surface area contributed by atoms with Crippen LogP contribution in [-0.2, 0) is 0 Å². The van der Waals surface area contributed by atoms with Gasteiger partial charge in [-0.15, -0.1) is 0 Å². The van der Waals surface area contributed by atoms with Crippen molar-refractivity contribution in [2.24, 2.45) is 0 Å². The standard InChI is InChI=1S/C15H12Cl2O3/c1-19-13-6-3-9(7-14(13)20-2)15(18)11-5-4-10(16)8-12(11)17/h3-8H,1-2H3. The minimum Gasteiger partial charge on any atom is -0.493 e. The van der Waals surface area contributed by atoms with Crippen LogP contribution >= 0.6 is 23.2 Å². The second-order valence-corrected chi connectivity index (χ2v) is 4.87. The number of hydrogen-bond acceptors (Lipinski definition) is 3. The summed E-state index contributed by atoms with van der Waals surface area (Å²) in [7, 11) is 3.05. The fourth-order valence-electron chi connectivity index (χ4n) is 1.81. The van der Waals surface area contributed by atoms with Crippen LogP contribution in [0.4, 0.5) is 0 Å². The lowest BCUT2D eigenvalue weighted by Gasteiger charge is -2.09. The third kappa shape index (κ3) is 2.89. The summed E-state index contributed by atoms with van der Waals surface area (Å²) in [5.74, 6) is 0.849. The van der Waals surface area contributed by atoms with E-state index in [2.05, 4.69) is 0 Å². The Kier molecular flexibility index (Phi) is 4.53. The van der Waals surface area contributed by atoms with Gasteiger partial charge in [-0.25, -0.2) is 0 Å². The van der Waals surface area contributed by atoms with Crippen molar-refractivity contribution in [3.05, 3.63) is 57.6 Å². The molecule has 0 aliphatic heterocycles. The molecular weight excluding hydrogens is 299 g/mol. The van der Waals surface area contributed by atoms with E-state index in [0.717, 1.165) is 0 Å². The highest BCUT2D eigenvalue weighted by Gasteiger charge is 2.15. The summed E-state index contributed by atoms with van der Waals surface area (Å²) in [5, 5.41) is 0.802. The predicted octanol–water partition coefficient (Wildman–Crippen LogP) is 4.24. The van der Waals surface area contributed by atoms with E-state index >= 15 is 0 Å². The number of hydrogen-bond donors (Lipinski definition) is 0. The highest BCUT2D eigenvalue weighted by atomic mass is 35.5. The van der Waals surface area contributed by atoms with E-state index in [0.29, 0.717) is 32.7 Å². The van der Waals surface area contributed by atoms with Gasteiger partial charge in [-0.1, -0.05) is 23.2 Å². The zero-order chi connectivity index (χ0) is 14.7. The topological polar surface area (TPSA) is 35.5 Å². The second-order valence-electron chi connectivity index (χ2n) is 4.02. The van der Waals surface area contributed by atoms with Gasteiger partial charge in [-0.05, 0) is 36.4 Å². The Morgan fingerprint density at radius 2 is 1.65 bits per heavy atom. The number of rotatable bonds is 4. The van der Waals surface area contributed by atoms with Crippen LogP contribution in [0.1, 0.15) is 15.9 Å². The molecule has 2 rings (SSSR count). The number of carbonyl (C=O) groups excluding carboxylic acids is 1. The van der Waals surface area contributed by atoms with E-state index in [1.807, 2.05) is 0 Å². The van der Waals surface area contributed by atoms with Gasteiger partial charge in [0.1, 0.15) is 0 Å². The molecule has 0 spiro atoms. The maximum absolute atomic E-state index is 12.4. The summed E-state index contributed by atoms with van der Waals surface area (Å²) in [5.41, 5.74) is 0.857. The summed E-state index contributed by atoms with van der Waals surface area (Å²) in [6.45, 7) is 0. The molecular formula is C15H12Cl2O3. The van der Waals surface area contributed by atoms with Gasteiger partial charge < -0.3 is 9.47 Å². The maximum atomic E-state index is 12.4. The van der Waals surface area contributed by atoms with Crippen molar-refractivity contribution < 1.29 is 14.3 Å². The Labute approximate surface area is 127 Å². The molecule has 0 unspecified atom stereocenters. The highest BCUT2D eigenvalue weighted by Crippen LogP contribution is 2.30. The van der Waals surface area contributed by atoms with Gasteiger partial charge in [-0.2, -0.15) is 0 Å². The lowest BCUT2D eigenvalue weighted by molar-refractivity contribution is 0.103. The number of ketones is 1. The van der Waals surface area contributed by atoms with Gasteiger partial charge in [-0.3, -0.25) is 4.79 Å². The number of benzene rings is 2. The Morgan fingerprint density at radius 1 is 0.950 bits per heavy atom. The smallest absolute Gasteiger partial charge is 0.194 e. The number of carbonyl (C=O) groups is 1. The quantitative estimate of drug-likeness (QED) is 0.792. The predicted molar refractivity (Wildman–Crippen MR) is 79.4 cm³/mol. The Hall–Kier alpha value is -1.71. The molecule has 0 fully saturated rings. The van der Waals surface area contributed by atoms with Crippen molar-refractivity contribution in [2.45, 2.75) is 0 Å². The van der Waals surface area contributed by atoms with Crippen molar-refractivity contribution in [3.8, 4) is 11.5 Å². The van der Waals surface area contributed by atoms with Gasteiger partial charge in [0.15, 0.2) is 17.3 Å². The second kappa shape index (κ2) is 6.16. The molecule has 0 saturated heterocycles. The van der Waals surface area contributed by atoms with E-state index in [9.17, 15) is 4.79 Å². The molecule has 20 heavy (non-hydrogen) atoms. The molecule has 0 aliphatic rings. The lowest BCUT2D eigenvalue weighted by Crippen LogP contribution is -2.03. The number of methoxy groups -OCH3 is 2. The van der Waals surface area contributed by atoms with Gasteiger partial charge in [0.25, 0.3) is 0 Å². The molecule has 0 saturated carbocycles. The van der Waals surface area contributed by atoms with Crippen LogP contribution in [0.25, 0.3) is 0 Å². The molecule has 0 N–H and O–H groups in total. The first-order valence-corrected chi connectivity index (χ1v) is 6.54. The molecule has 5 heteroatoms. The van der Waals surface area contributed by atoms with Crippen molar-refractivity contribution >= 4 is 29.0 Å². The first kappa shape index (κ1) is 14.7. The average Bonchev–Trinajstić information content (AvgIpc) is 2.45. The van der Waals surface area contributed by atoms with Gasteiger partial charge in [0.2, 0.25) is 0 Å². The SMILES string of the molecule is COc1ccc(C(=O)c2ccc(Cl)cc2Cl)cc1OC. The van der Waals surface area contributed by atoms with E-state index < -0.39 is 0 Å². The van der Waals surface area contributed by atoms with Crippen LogP contribution in [0.2, 0.25) is 10.0 Å². The van der Waals surface area contributed by atoms with Crippen molar-refractivity contribution in [1.29, 1.82) is 0 Å². The zero-order valence-corrected chi connectivity index (χ0v) is 12.5. The molecule has 0 heterocycles. The fourth-order valence-corrected chi connectivity index (χ4v) is 2.30. The van der Waals surface area contributed by atoms with Crippen LogP contribution in [-0.4, -0.2) is 20.0 Å². The molecule has 0 aromatic heterocycles. The molecule has 0 bridgehead atoms. The van der Waals surface area contributed by atoms with Crippen molar-refractivity contribution in [2.75, 3.05) is 14.2 Å². The highest BCUT2D eigenvalue weighted by molar-refractivity contribution is 6.37. The van der Waals surface area contributed by atoms with Crippen molar-refractivity contribution in [3.63, 3.8) is 0 Å². The first-order chi connectivity index (χ1) is 9.56. The Morgan fingerprint density at radius 3 is 2.25 bits per heavy atom. The van der Waals surface area contributed by atoms with Gasteiger partial charge in [0, 0.05) is 16.1 Å². The van der Waals surface area contributed by atoms with E-state index in [1.54, 1.807) is 30.3 Å². The summed E-state index contributed by atoms with van der Waals surface area (Å²) >= 11 is 11.9. The molecule has 0 radical (unpaired) electrons. The molecule has 3 nitrogen and oxygen atoms in total. The van der Waals surface area contributed by atoms with Crippen LogP contribution in [0.15, 0.2) is 36.4 Å². The van der Waals surface area contributed by atoms with E-state index in [-0.39, 0.29) is 5.78 Å². The number of halogens is 2. The average molecular weight is 311 g/mol. The van der Waals surface area contributed by atoms with Crippen LogP contribution in [0.5, 0.6) is 11.5 Å². The van der Waals surface area contributed by atoms with E-state index in [1.165, 1.54) is 20.3 Å². The zero-order valence-electron chi connectivity index (χ0n) is 10.9. The molecule has 0 atom stereocenters.